The van der Waals surface area contributed by atoms with E-state index in [0.29, 0.717) is 0 Å². The van der Waals surface area contributed by atoms with Gasteiger partial charge in [0.25, 0.3) is 0 Å². The van der Waals surface area contributed by atoms with Crippen LogP contribution in [0.25, 0.3) is 0 Å². The molecule has 0 atom stereocenters. The van der Waals surface area contributed by atoms with Gasteiger partial charge in [-0.25, -0.2) is 4.98 Å². The maximum absolute atomic E-state index is 4.90. The van der Waals surface area contributed by atoms with E-state index in [9.17, 15) is 0 Å². The molecule has 20 heavy (non-hydrogen) atoms. The quantitative estimate of drug-likeness (QED) is 0.893. The van der Waals surface area contributed by atoms with Crippen molar-refractivity contribution in [3.05, 3.63) is 23.4 Å². The van der Waals surface area contributed by atoms with Crippen LogP contribution in [-0.2, 0) is 12.0 Å². The van der Waals surface area contributed by atoms with Gasteiger partial charge in [0.2, 0.25) is 0 Å². The van der Waals surface area contributed by atoms with Crippen LogP contribution < -0.4 is 10.2 Å². The normalized spacial score (nSPS) is 16.1. The molecule has 2 rings (SSSR count). The average Bonchev–Trinajstić information content (AvgIpc) is 2.32. The first-order chi connectivity index (χ1) is 9.40. The molecule has 0 amide bonds. The van der Waals surface area contributed by atoms with Crippen molar-refractivity contribution in [1.29, 1.82) is 0 Å². The van der Waals surface area contributed by atoms with E-state index in [1.54, 1.807) is 0 Å². The summed E-state index contributed by atoms with van der Waals surface area (Å²) >= 11 is 0. The van der Waals surface area contributed by atoms with E-state index in [2.05, 4.69) is 50.2 Å². The molecule has 112 valence electrons. The van der Waals surface area contributed by atoms with Crippen LogP contribution in [0.4, 0.5) is 5.82 Å². The number of nitrogens with zero attached hydrogens (tertiary/aromatic N) is 2. The summed E-state index contributed by atoms with van der Waals surface area (Å²) in [5.41, 5.74) is 2.60. The van der Waals surface area contributed by atoms with Gasteiger partial charge in [0.05, 0.1) is 0 Å². The van der Waals surface area contributed by atoms with E-state index < -0.39 is 0 Å². The molecule has 1 aliphatic carbocycles. The summed E-state index contributed by atoms with van der Waals surface area (Å²) in [6.45, 7) is 8.73. The minimum Gasteiger partial charge on any atom is -0.359 e. The standard InChI is InChI=1S/C17H29N3/c1-17(2,3)15-9-14(11-18-4)10-16(19-15)20(5)12-13-7-6-8-13/h9-10,13,18H,6-8,11-12H2,1-5H3. The molecule has 1 heterocycles. The Balaban J connectivity index is 2.23. The largest absolute Gasteiger partial charge is 0.359 e. The molecule has 0 saturated heterocycles. The Morgan fingerprint density at radius 1 is 1.30 bits per heavy atom. The third-order valence-corrected chi connectivity index (χ3v) is 4.17. The zero-order valence-electron chi connectivity index (χ0n) is 13.7. The van der Waals surface area contributed by atoms with Crippen LogP contribution in [-0.4, -0.2) is 25.6 Å². The number of nitrogens with one attached hydrogen (secondary N) is 1. The summed E-state index contributed by atoms with van der Waals surface area (Å²) in [5.74, 6) is 1.99. The highest BCUT2D eigenvalue weighted by atomic mass is 15.2. The number of aromatic nitrogens is 1. The van der Waals surface area contributed by atoms with Crippen molar-refractivity contribution >= 4 is 5.82 Å². The van der Waals surface area contributed by atoms with E-state index in [4.69, 9.17) is 4.98 Å². The van der Waals surface area contributed by atoms with Gasteiger partial charge in [-0.15, -0.1) is 0 Å². The second-order valence-electron chi connectivity index (χ2n) is 7.18. The number of hydrogen-bond acceptors (Lipinski definition) is 3. The first-order valence-electron chi connectivity index (χ1n) is 7.77. The zero-order valence-corrected chi connectivity index (χ0v) is 13.7. The van der Waals surface area contributed by atoms with Gasteiger partial charge in [0.1, 0.15) is 5.82 Å². The topological polar surface area (TPSA) is 28.2 Å². The first-order valence-corrected chi connectivity index (χ1v) is 7.77. The van der Waals surface area contributed by atoms with Crippen LogP contribution in [0.15, 0.2) is 12.1 Å². The molecule has 1 aromatic rings. The Labute approximate surface area is 123 Å². The molecule has 0 aromatic carbocycles. The molecule has 0 unspecified atom stereocenters. The summed E-state index contributed by atoms with van der Waals surface area (Å²) < 4.78 is 0. The molecule has 3 nitrogen and oxygen atoms in total. The monoisotopic (exact) mass is 275 g/mol. The second-order valence-corrected chi connectivity index (χ2v) is 7.18. The SMILES string of the molecule is CNCc1cc(N(C)CC2CCC2)nc(C(C)(C)C)c1. The van der Waals surface area contributed by atoms with Crippen molar-refractivity contribution in [2.24, 2.45) is 5.92 Å². The summed E-state index contributed by atoms with van der Waals surface area (Å²) in [5, 5.41) is 3.25. The zero-order chi connectivity index (χ0) is 14.8. The minimum atomic E-state index is 0.0931. The van der Waals surface area contributed by atoms with Gasteiger partial charge in [-0.2, -0.15) is 0 Å². The highest BCUT2D eigenvalue weighted by Crippen LogP contribution is 2.29. The maximum Gasteiger partial charge on any atom is 0.128 e. The smallest absolute Gasteiger partial charge is 0.128 e. The Morgan fingerprint density at radius 2 is 2.00 bits per heavy atom. The van der Waals surface area contributed by atoms with Crippen molar-refractivity contribution in [2.45, 2.75) is 52.0 Å². The fourth-order valence-electron chi connectivity index (χ4n) is 2.61. The molecular weight excluding hydrogens is 246 g/mol. The van der Waals surface area contributed by atoms with Crippen molar-refractivity contribution in [2.75, 3.05) is 25.5 Å². The van der Waals surface area contributed by atoms with Crippen LogP contribution in [0.1, 0.15) is 51.3 Å². The molecular formula is C17H29N3. The first kappa shape index (κ1) is 15.3. The Morgan fingerprint density at radius 3 is 2.50 bits per heavy atom. The molecule has 3 heteroatoms. The molecule has 1 aromatic heterocycles. The molecule has 0 spiro atoms. The van der Waals surface area contributed by atoms with Gasteiger partial charge >= 0.3 is 0 Å². The lowest BCUT2D eigenvalue weighted by atomic mass is 9.85. The van der Waals surface area contributed by atoms with Crippen molar-refractivity contribution in [3.63, 3.8) is 0 Å². The van der Waals surface area contributed by atoms with Crippen molar-refractivity contribution in [3.8, 4) is 0 Å². The lowest BCUT2D eigenvalue weighted by Crippen LogP contribution is -2.30. The van der Waals surface area contributed by atoms with Gasteiger partial charge in [0, 0.05) is 31.2 Å². The highest BCUT2D eigenvalue weighted by Gasteiger charge is 2.22. The number of anilines is 1. The molecule has 1 fully saturated rings. The number of rotatable bonds is 5. The van der Waals surface area contributed by atoms with Crippen molar-refractivity contribution < 1.29 is 0 Å². The fourth-order valence-corrected chi connectivity index (χ4v) is 2.61. The van der Waals surface area contributed by atoms with Crippen LogP contribution in [0, 0.1) is 5.92 Å². The average molecular weight is 275 g/mol. The third-order valence-electron chi connectivity index (χ3n) is 4.17. The predicted octanol–water partition coefficient (Wildman–Crippen LogP) is 3.33. The van der Waals surface area contributed by atoms with Gasteiger partial charge in [-0.1, -0.05) is 27.2 Å². The molecule has 0 bridgehead atoms. The molecule has 1 saturated carbocycles. The lowest BCUT2D eigenvalue weighted by molar-refractivity contribution is 0.321. The number of pyridine rings is 1. The summed E-state index contributed by atoms with van der Waals surface area (Å²) in [7, 11) is 4.17. The van der Waals surface area contributed by atoms with Crippen molar-refractivity contribution in [1.82, 2.24) is 10.3 Å². The van der Waals surface area contributed by atoms with E-state index in [1.165, 1.54) is 30.5 Å². The van der Waals surface area contributed by atoms with E-state index in [-0.39, 0.29) is 5.41 Å². The Hall–Kier alpha value is -1.09. The lowest BCUT2D eigenvalue weighted by Gasteiger charge is -2.31. The third kappa shape index (κ3) is 3.72. The van der Waals surface area contributed by atoms with E-state index in [0.717, 1.165) is 24.8 Å². The Bertz CT molecular complexity index is 444. The van der Waals surface area contributed by atoms with Crippen LogP contribution in [0.2, 0.25) is 0 Å². The molecule has 1 aliphatic rings. The van der Waals surface area contributed by atoms with Crippen LogP contribution in [0.5, 0.6) is 0 Å². The number of hydrogen-bond donors (Lipinski definition) is 1. The Kier molecular flexibility index (Phi) is 4.69. The molecule has 0 aliphatic heterocycles. The van der Waals surface area contributed by atoms with Crippen LogP contribution >= 0.6 is 0 Å². The molecule has 1 N–H and O–H groups in total. The summed E-state index contributed by atoms with van der Waals surface area (Å²) in [6.07, 6.45) is 4.16. The van der Waals surface area contributed by atoms with E-state index in [1.807, 2.05) is 7.05 Å². The predicted molar refractivity (Wildman–Crippen MR) is 86.3 cm³/mol. The second kappa shape index (κ2) is 6.13. The van der Waals surface area contributed by atoms with Gasteiger partial charge in [0.15, 0.2) is 0 Å². The maximum atomic E-state index is 4.90. The summed E-state index contributed by atoms with van der Waals surface area (Å²) in [4.78, 5) is 7.23. The minimum absolute atomic E-state index is 0.0931. The van der Waals surface area contributed by atoms with Gasteiger partial charge in [-0.3, -0.25) is 0 Å². The fraction of sp³-hybridized carbons (Fsp3) is 0.706. The summed E-state index contributed by atoms with van der Waals surface area (Å²) in [6, 6.07) is 4.46. The molecule has 0 radical (unpaired) electrons. The van der Waals surface area contributed by atoms with Gasteiger partial charge < -0.3 is 10.2 Å². The van der Waals surface area contributed by atoms with E-state index >= 15 is 0 Å². The highest BCUT2D eigenvalue weighted by molar-refractivity contribution is 5.43. The van der Waals surface area contributed by atoms with Crippen LogP contribution in [0.3, 0.4) is 0 Å². The van der Waals surface area contributed by atoms with Gasteiger partial charge in [-0.05, 0) is 43.5 Å².